The lowest BCUT2D eigenvalue weighted by Gasteiger charge is -2.38. The second-order valence-corrected chi connectivity index (χ2v) is 22.0. The molecular formula is C87H56F10O40. The summed E-state index contributed by atoms with van der Waals surface area (Å²) < 4.78 is 142. The third-order valence-corrected chi connectivity index (χ3v) is 13.9. The molecule has 0 saturated carbocycles. The molecule has 0 amide bonds. The summed E-state index contributed by atoms with van der Waals surface area (Å²) in [5, 5.41) is 87.2. The van der Waals surface area contributed by atoms with E-state index in [1.165, 1.54) is 60.7 Å². The number of benzene rings is 11. The Kier molecular flexibility index (Phi) is 68.6. The van der Waals surface area contributed by atoms with Crippen LogP contribution in [0.4, 0.5) is 43.9 Å². The molecule has 0 unspecified atom stereocenters. The Labute approximate surface area is 754 Å². The molecule has 0 aromatic heterocycles. The monoisotopic (exact) mass is 1930 g/mol. The average molecular weight is 1930 g/mol. The molecule has 0 radical (unpaired) electrons. The third-order valence-electron chi connectivity index (χ3n) is 13.9. The van der Waals surface area contributed by atoms with Gasteiger partial charge in [-0.1, -0.05) is 146 Å². The zero-order valence-corrected chi connectivity index (χ0v) is 67.6. The Morgan fingerprint density at radius 3 is 0.810 bits per heavy atom. The molecular weight excluding hydrogens is 1870 g/mol. The zero-order chi connectivity index (χ0) is 106. The van der Waals surface area contributed by atoms with Gasteiger partial charge in [-0.25, -0.2) is 65.5 Å². The lowest BCUT2D eigenvalue weighted by molar-refractivity contribution is -0.288. The molecule has 0 bridgehead atoms. The Morgan fingerprint density at radius 2 is 0.504 bits per heavy atom. The van der Waals surface area contributed by atoms with Crippen molar-refractivity contribution in [2.24, 2.45) is 0 Å². The Balaban J connectivity index is -0.000000348. The van der Waals surface area contributed by atoms with Crippen LogP contribution in [0.2, 0.25) is 0 Å². The highest BCUT2D eigenvalue weighted by atomic mass is 19.4. The summed E-state index contributed by atoms with van der Waals surface area (Å²) >= 11 is 0. The molecule has 10 N–H and O–H groups in total. The van der Waals surface area contributed by atoms with Crippen LogP contribution >= 0.6 is 0 Å². The number of carbonyl (C=O) groups excluding carboxylic acids is 18. The van der Waals surface area contributed by atoms with E-state index >= 15 is 0 Å². The number of halogens is 10. The summed E-state index contributed by atoms with van der Waals surface area (Å²) in [5.41, 5.74) is -7.89. The van der Waals surface area contributed by atoms with Gasteiger partial charge in [0.25, 0.3) is 0 Å². The van der Waals surface area contributed by atoms with Crippen molar-refractivity contribution in [1.29, 1.82) is 0 Å². The summed E-state index contributed by atoms with van der Waals surface area (Å²) in [7, 11) is 0. The van der Waals surface area contributed by atoms with Crippen LogP contribution in [-0.2, 0) is 96.5 Å². The molecule has 50 heteroatoms. The molecule has 0 fully saturated rings. The van der Waals surface area contributed by atoms with Gasteiger partial charge in [-0.15, -0.1) is 0 Å². The second kappa shape index (κ2) is 73.7. The Bertz CT molecular complexity index is 5710. The van der Waals surface area contributed by atoms with Gasteiger partial charge in [0.2, 0.25) is 5.41 Å². The van der Waals surface area contributed by atoms with Gasteiger partial charge in [0, 0.05) is 6.07 Å². The van der Waals surface area contributed by atoms with Crippen LogP contribution in [0, 0.1) is 23.3 Å². The number of hydrogen-bond acceptors (Lipinski definition) is 30. The largest absolute Gasteiger partial charge is 0.482 e. The highest BCUT2D eigenvalue weighted by Crippen LogP contribution is 2.56. The van der Waals surface area contributed by atoms with Gasteiger partial charge in [-0.2, -0.15) is 113 Å². The van der Waals surface area contributed by atoms with Gasteiger partial charge in [0.15, 0.2) is 29.9 Å². The van der Waals surface area contributed by atoms with Crippen molar-refractivity contribution >= 4 is 126 Å². The number of carbonyl (C=O) groups is 10. The van der Waals surface area contributed by atoms with Crippen LogP contribution in [0.1, 0.15) is 104 Å². The summed E-state index contributed by atoms with van der Waals surface area (Å²) in [6, 6.07) is 63.6. The van der Waals surface area contributed by atoms with Crippen molar-refractivity contribution in [1.82, 2.24) is 0 Å². The van der Waals surface area contributed by atoms with E-state index in [1.54, 1.807) is 78.9 Å². The number of hydrogen-bond donors (Lipinski definition) is 10. The molecule has 11 aromatic rings. The lowest BCUT2D eigenvalue weighted by Crippen LogP contribution is -2.54. The number of rotatable bonds is 16. The number of carboxylic acid groups (broad SMARTS) is 10. The first-order valence-electron chi connectivity index (χ1n) is 34.2. The molecule has 0 aliphatic carbocycles. The number of fused-ring (bicyclic) bond motifs is 1. The van der Waals surface area contributed by atoms with Gasteiger partial charge in [-0.3, -0.25) is 0 Å². The molecule has 137 heavy (non-hydrogen) atoms. The van der Waals surface area contributed by atoms with Gasteiger partial charge >= 0.3 is 127 Å². The maximum Gasteiger partial charge on any atom is 0.411 e. The SMILES string of the molecule is O=C(O)COc1ccccc1.O=C(O)c1c(F)c(F)cc(F)c1F.O=C(O)c1ccc(C(c2ccccc2)(C(F)(F)F)C(F)(F)F)cc1.O=C(O)c1ccc(Oc2ccccc2)cc1.O=C(O)c1ccc2ccccc2c1.O=C(O)c1cccc(C(=O)O)c1.O=C(O)c1ccccc1.O=C(O)c1ccccc1C(=O)O.O=C=O.O=C=O.O=C=O.O=C=O.O=C=O.O=C=O.O=C=O.O=C=O.O=C=O. The molecule has 0 spiro atoms. The normalized spacial score (nSPS) is 8.80. The number of ether oxygens (including phenoxy) is 2. The van der Waals surface area contributed by atoms with E-state index in [2.05, 4.69) is 0 Å². The molecule has 0 atom stereocenters. The van der Waals surface area contributed by atoms with Crippen LogP contribution in [0.3, 0.4) is 0 Å². The predicted molar refractivity (Wildman–Crippen MR) is 416 cm³/mol. The van der Waals surface area contributed by atoms with Crippen molar-refractivity contribution in [3.05, 3.63) is 351 Å². The summed E-state index contributed by atoms with van der Waals surface area (Å²) in [6.07, 6.45) is -9.12. The zero-order valence-electron chi connectivity index (χ0n) is 67.6. The van der Waals surface area contributed by atoms with Gasteiger partial charge in [0.05, 0.1) is 44.5 Å². The Hall–Kier alpha value is -20.3. The molecule has 0 aliphatic heterocycles. The summed E-state index contributed by atoms with van der Waals surface area (Å²) in [6.45, 7) is -0.288. The Morgan fingerprint density at radius 1 is 0.248 bits per heavy atom. The minimum atomic E-state index is -5.68. The van der Waals surface area contributed by atoms with Crippen LogP contribution in [0.15, 0.2) is 267 Å². The van der Waals surface area contributed by atoms with Crippen molar-refractivity contribution in [3.8, 4) is 17.2 Å². The molecule has 0 heterocycles. The van der Waals surface area contributed by atoms with Crippen molar-refractivity contribution < 1.29 is 239 Å². The maximum absolute atomic E-state index is 13.7. The average Bonchev–Trinajstić information content (AvgIpc) is 0.716. The van der Waals surface area contributed by atoms with Crippen LogP contribution in [0.25, 0.3) is 10.8 Å². The van der Waals surface area contributed by atoms with Crippen molar-refractivity contribution in [3.63, 3.8) is 0 Å². The smallest absolute Gasteiger partial charge is 0.411 e. The number of aliphatic carboxylic acids is 1. The highest BCUT2D eigenvalue weighted by molar-refractivity contribution is 6.01. The van der Waals surface area contributed by atoms with E-state index in [1.807, 2.05) is 66.7 Å². The number of aromatic carboxylic acids is 9. The first kappa shape index (κ1) is 127. The van der Waals surface area contributed by atoms with Crippen LogP contribution < -0.4 is 9.47 Å². The molecule has 0 saturated heterocycles. The minimum Gasteiger partial charge on any atom is -0.482 e. The maximum atomic E-state index is 13.7. The summed E-state index contributed by atoms with van der Waals surface area (Å²) in [5.74, 6) is -17.3. The first-order valence-corrected chi connectivity index (χ1v) is 34.2. The summed E-state index contributed by atoms with van der Waals surface area (Å²) in [4.78, 5) is 250. The molecule has 40 nitrogen and oxygen atoms in total. The van der Waals surface area contributed by atoms with Gasteiger partial charge in [0.1, 0.15) is 22.8 Å². The van der Waals surface area contributed by atoms with E-state index in [0.717, 1.165) is 46.9 Å². The van der Waals surface area contributed by atoms with Crippen molar-refractivity contribution in [2.75, 3.05) is 6.61 Å². The fourth-order valence-electron chi connectivity index (χ4n) is 8.79. The first-order chi connectivity index (χ1) is 64.5. The topological polar surface area (TPSA) is 699 Å². The van der Waals surface area contributed by atoms with E-state index < -0.39 is 123 Å². The predicted octanol–water partition coefficient (Wildman–Crippen LogP) is 11.9. The third kappa shape index (κ3) is 53.2. The quantitative estimate of drug-likeness (QED) is 0.0317. The molecule has 0 aliphatic rings. The second-order valence-electron chi connectivity index (χ2n) is 22.0. The van der Waals surface area contributed by atoms with E-state index in [4.69, 9.17) is 147 Å². The van der Waals surface area contributed by atoms with E-state index in [-0.39, 0.29) is 95.9 Å². The van der Waals surface area contributed by atoms with Crippen molar-refractivity contribution in [2.45, 2.75) is 17.8 Å². The van der Waals surface area contributed by atoms with E-state index in [0.29, 0.717) is 46.9 Å². The van der Waals surface area contributed by atoms with Crippen LogP contribution in [-0.4, -0.2) is 185 Å². The number of para-hydroxylation sites is 2. The van der Waals surface area contributed by atoms with Gasteiger partial charge in [-0.05, 0) is 137 Å². The molecule has 11 rings (SSSR count). The van der Waals surface area contributed by atoms with E-state index in [9.17, 15) is 91.8 Å². The highest BCUT2D eigenvalue weighted by Gasteiger charge is 2.72. The molecule has 714 valence electrons. The van der Waals surface area contributed by atoms with Gasteiger partial charge < -0.3 is 60.5 Å². The fraction of sp³-hybridized carbons (Fsp3) is 0.0460. The minimum absolute atomic E-state index is 0.0186. The molecule has 11 aromatic carbocycles. The lowest BCUT2D eigenvalue weighted by atomic mass is 9.73. The standard InChI is InChI=1S/C16H10F6O2.C13H10O3.C11H8O2.2C8H6O4.C8H8O3.C7H2F4O2.C7H6O2.9CO2/c17-15(18,19)14(16(20,21)22,11-4-2-1-3-5-11)12-8-6-10(7-9-12)13(23)24;14-13(15)10-6-8-12(9-7-10)16-11-4-2-1-3-5-11;12-11(13)10-6-5-8-3-1-2-4-9(8)7-10;9-7(10)5-2-1-3-6(4-5)8(11)12;9-7(10)5-3-1-2-4-6(5)8(11)12;9-8(10)6-11-7-4-2-1-3-5-7;8-2-1-3(9)6(11)4(5(2)10)7(12)13;8-7(9)6-4-2-1-3-5-6;9*2-1-3/h1-9H,(H,23,24);1-9H,(H,14,15);1-7H,(H,12,13);2*1-4H,(H,9,10)(H,11,12);1-5H,6H2,(H,9,10);1H,(H,12,13);1-5H,(H,8,9);;;;;;;;;. The number of carboxylic acids is 10. The van der Waals surface area contributed by atoms with Crippen LogP contribution in [0.5, 0.6) is 17.2 Å². The fourth-order valence-corrected chi connectivity index (χ4v) is 8.79. The number of alkyl halides is 6.